The first-order chi connectivity index (χ1) is 2.77. The van der Waals surface area contributed by atoms with Gasteiger partial charge in [-0.25, -0.2) is 0 Å². The Morgan fingerprint density at radius 3 is 2.17 bits per heavy atom. The Balaban J connectivity index is 3.14. The van der Waals surface area contributed by atoms with Crippen LogP contribution in [0.2, 0.25) is 0 Å². The van der Waals surface area contributed by atoms with Crippen molar-refractivity contribution in [3.63, 3.8) is 0 Å². The third-order valence-corrected chi connectivity index (χ3v) is 0.353. The van der Waals surface area contributed by atoms with Crippen molar-refractivity contribution in [3.8, 4) is 0 Å². The molecule has 0 atom stereocenters. The van der Waals surface area contributed by atoms with Crippen molar-refractivity contribution in [1.82, 2.24) is 5.48 Å². The molecule has 0 rings (SSSR count). The number of allylic oxidation sites excluding steroid dienone is 1. The molecule has 0 aromatic heterocycles. The minimum atomic E-state index is 1.05. The van der Waals surface area contributed by atoms with Crippen LogP contribution in [0.15, 0.2) is 11.8 Å². The molecule has 0 amide bonds. The van der Waals surface area contributed by atoms with Crippen LogP contribution in [0.25, 0.3) is 0 Å². The highest BCUT2D eigenvalue weighted by Gasteiger charge is 1.66. The Labute approximate surface area is 37.4 Å². The van der Waals surface area contributed by atoms with E-state index in [2.05, 4.69) is 0 Å². The zero-order valence-electron chi connectivity index (χ0n) is 4.02. The lowest BCUT2D eigenvalue weighted by molar-refractivity contribution is 0.213. The SMILES string of the molecule is CC(C)=CNO. The summed E-state index contributed by atoms with van der Waals surface area (Å²) < 4.78 is 0. The van der Waals surface area contributed by atoms with Crippen LogP contribution < -0.4 is 5.48 Å². The van der Waals surface area contributed by atoms with Crippen molar-refractivity contribution >= 4 is 0 Å². The molecule has 0 fully saturated rings. The summed E-state index contributed by atoms with van der Waals surface area (Å²) in [6.07, 6.45) is 1.51. The molecule has 0 aliphatic carbocycles. The van der Waals surface area contributed by atoms with E-state index in [1.54, 1.807) is 0 Å². The average Bonchev–Trinajstić information content (AvgIpc) is 1.35. The van der Waals surface area contributed by atoms with Crippen LogP contribution in [-0.2, 0) is 0 Å². The molecule has 0 aromatic carbocycles. The fourth-order valence-corrected chi connectivity index (χ4v) is 0.129. The molecule has 0 saturated heterocycles. The first-order valence-electron chi connectivity index (χ1n) is 1.80. The third-order valence-electron chi connectivity index (χ3n) is 0.353. The summed E-state index contributed by atoms with van der Waals surface area (Å²) in [5.41, 5.74) is 2.96. The maximum absolute atomic E-state index is 7.91. The predicted octanol–water partition coefficient (Wildman–Crippen LogP) is 0.889. The van der Waals surface area contributed by atoms with Gasteiger partial charge in [0, 0.05) is 6.20 Å². The van der Waals surface area contributed by atoms with Crippen molar-refractivity contribution in [2.24, 2.45) is 0 Å². The third kappa shape index (κ3) is 3.50. The zero-order chi connectivity index (χ0) is 4.99. The second kappa shape index (κ2) is 2.72. The first-order valence-corrected chi connectivity index (χ1v) is 1.80. The molecule has 6 heavy (non-hydrogen) atoms. The molecule has 2 nitrogen and oxygen atoms in total. The van der Waals surface area contributed by atoms with Crippen LogP contribution >= 0.6 is 0 Å². The highest BCUT2D eigenvalue weighted by molar-refractivity contribution is 4.88. The van der Waals surface area contributed by atoms with Crippen LogP contribution in [0.4, 0.5) is 0 Å². The zero-order valence-corrected chi connectivity index (χ0v) is 4.02. The molecule has 2 heteroatoms. The highest BCUT2D eigenvalue weighted by atomic mass is 16.5. The number of rotatable bonds is 1. The summed E-state index contributed by atoms with van der Waals surface area (Å²) in [6, 6.07) is 0. The van der Waals surface area contributed by atoms with Gasteiger partial charge in [0.2, 0.25) is 0 Å². The van der Waals surface area contributed by atoms with Gasteiger partial charge in [0.15, 0.2) is 0 Å². The number of nitrogens with one attached hydrogen (secondary N) is 1. The largest absolute Gasteiger partial charge is 0.292 e. The summed E-state index contributed by atoms with van der Waals surface area (Å²) in [7, 11) is 0. The molecule has 0 spiro atoms. The van der Waals surface area contributed by atoms with E-state index in [1.165, 1.54) is 6.20 Å². The van der Waals surface area contributed by atoms with Gasteiger partial charge >= 0.3 is 0 Å². The van der Waals surface area contributed by atoms with E-state index >= 15 is 0 Å². The van der Waals surface area contributed by atoms with E-state index in [0.29, 0.717) is 0 Å². The van der Waals surface area contributed by atoms with Gasteiger partial charge in [0.05, 0.1) is 0 Å². The summed E-state index contributed by atoms with van der Waals surface area (Å²) in [5.74, 6) is 0. The standard InChI is InChI=1S/C4H9NO/c1-4(2)3-5-6/h3,5-6H,1-2H3. The summed E-state index contributed by atoms with van der Waals surface area (Å²) in [6.45, 7) is 3.78. The molecule has 0 aliphatic rings. The van der Waals surface area contributed by atoms with Crippen molar-refractivity contribution < 1.29 is 5.21 Å². The second-order valence-electron chi connectivity index (χ2n) is 1.35. The van der Waals surface area contributed by atoms with Gasteiger partial charge in [-0.05, 0) is 13.8 Å². The molecule has 0 heterocycles. The maximum atomic E-state index is 7.91. The van der Waals surface area contributed by atoms with E-state index in [9.17, 15) is 0 Å². The fraction of sp³-hybridized carbons (Fsp3) is 0.500. The predicted molar refractivity (Wildman–Crippen MR) is 24.4 cm³/mol. The van der Waals surface area contributed by atoms with Gasteiger partial charge in [-0.1, -0.05) is 5.57 Å². The maximum Gasteiger partial charge on any atom is 0.0226 e. The normalized spacial score (nSPS) is 7.17. The van der Waals surface area contributed by atoms with Crippen LogP contribution in [0, 0.1) is 0 Å². The van der Waals surface area contributed by atoms with Crippen LogP contribution in [0.1, 0.15) is 13.8 Å². The summed E-state index contributed by atoms with van der Waals surface area (Å²) in [5, 5.41) is 7.91. The molecule has 0 aliphatic heterocycles. The quantitative estimate of drug-likeness (QED) is 0.465. The first kappa shape index (κ1) is 5.50. The second-order valence-corrected chi connectivity index (χ2v) is 1.35. The Morgan fingerprint density at radius 2 is 2.17 bits per heavy atom. The molecule has 0 aromatic rings. The van der Waals surface area contributed by atoms with Gasteiger partial charge in [0.25, 0.3) is 0 Å². The molecule has 0 saturated carbocycles. The molecule has 2 N–H and O–H groups in total. The topological polar surface area (TPSA) is 32.3 Å². The fourth-order valence-electron chi connectivity index (χ4n) is 0.129. The van der Waals surface area contributed by atoms with E-state index in [1.807, 2.05) is 19.3 Å². The van der Waals surface area contributed by atoms with Gasteiger partial charge in [-0.15, -0.1) is 0 Å². The van der Waals surface area contributed by atoms with E-state index in [0.717, 1.165) is 5.57 Å². The van der Waals surface area contributed by atoms with Crippen LogP contribution in [0.5, 0.6) is 0 Å². The molecular formula is C4H9NO. The molecule has 0 bridgehead atoms. The van der Waals surface area contributed by atoms with Gasteiger partial charge in [-0.3, -0.25) is 10.7 Å². The number of hydrogen-bond donors (Lipinski definition) is 2. The number of hydroxylamine groups is 1. The average molecular weight is 87.1 g/mol. The van der Waals surface area contributed by atoms with E-state index in [-0.39, 0.29) is 0 Å². The molecule has 0 unspecified atom stereocenters. The molecule has 0 radical (unpaired) electrons. The van der Waals surface area contributed by atoms with Gasteiger partial charge in [0.1, 0.15) is 0 Å². The number of hydrogen-bond acceptors (Lipinski definition) is 2. The van der Waals surface area contributed by atoms with E-state index in [4.69, 9.17) is 5.21 Å². The van der Waals surface area contributed by atoms with Crippen LogP contribution in [0.3, 0.4) is 0 Å². The van der Waals surface area contributed by atoms with E-state index < -0.39 is 0 Å². The van der Waals surface area contributed by atoms with Gasteiger partial charge < -0.3 is 0 Å². The van der Waals surface area contributed by atoms with Crippen molar-refractivity contribution in [1.29, 1.82) is 0 Å². The summed E-state index contributed by atoms with van der Waals surface area (Å²) >= 11 is 0. The lowest BCUT2D eigenvalue weighted by Gasteiger charge is -1.83. The Morgan fingerprint density at radius 1 is 1.67 bits per heavy atom. The minimum absolute atomic E-state index is 1.05. The minimum Gasteiger partial charge on any atom is -0.292 e. The molecule has 36 valence electrons. The lowest BCUT2D eigenvalue weighted by atomic mass is 10.4. The highest BCUT2D eigenvalue weighted by Crippen LogP contribution is 1.80. The summed E-state index contributed by atoms with van der Waals surface area (Å²) in [4.78, 5) is 0. The van der Waals surface area contributed by atoms with Crippen molar-refractivity contribution in [2.45, 2.75) is 13.8 Å². The van der Waals surface area contributed by atoms with Gasteiger partial charge in [-0.2, -0.15) is 0 Å². The van der Waals surface area contributed by atoms with Crippen molar-refractivity contribution in [2.75, 3.05) is 0 Å². The Kier molecular flexibility index (Phi) is 2.50. The molecular weight excluding hydrogens is 78.0 g/mol. The Bertz CT molecular complexity index is 54.6. The van der Waals surface area contributed by atoms with Crippen LogP contribution in [-0.4, -0.2) is 5.21 Å². The lowest BCUT2D eigenvalue weighted by Crippen LogP contribution is -1.93. The Hall–Kier alpha value is -0.500. The van der Waals surface area contributed by atoms with Crippen molar-refractivity contribution in [3.05, 3.63) is 11.8 Å². The smallest absolute Gasteiger partial charge is 0.0226 e. The monoisotopic (exact) mass is 87.1 g/mol.